The summed E-state index contributed by atoms with van der Waals surface area (Å²) in [5.41, 5.74) is -0.0727. The highest BCUT2D eigenvalue weighted by molar-refractivity contribution is 5.91. The maximum absolute atomic E-state index is 12.7. The van der Waals surface area contributed by atoms with E-state index >= 15 is 0 Å². The minimum Gasteiger partial charge on any atom is -0.504 e. The van der Waals surface area contributed by atoms with Gasteiger partial charge in [-0.05, 0) is 37.1 Å². The molecule has 1 atom stereocenters. The Labute approximate surface area is 159 Å². The monoisotopic (exact) mass is 374 g/mol. The third-order valence-corrected chi connectivity index (χ3v) is 4.17. The predicted molar refractivity (Wildman–Crippen MR) is 101 cm³/mol. The number of hydrogen-bond donors (Lipinski definition) is 3. The van der Waals surface area contributed by atoms with Crippen molar-refractivity contribution < 1.29 is 29.6 Å². The SMILES string of the molecule is CCCCC(CCC)(OC(=O)c1cc(O)c(O)c(O)c1)Oc1ccccc1. The maximum atomic E-state index is 12.7. The van der Waals surface area contributed by atoms with Gasteiger partial charge in [-0.1, -0.05) is 38.5 Å². The van der Waals surface area contributed by atoms with Gasteiger partial charge in [0, 0.05) is 12.8 Å². The normalized spacial score (nSPS) is 13.0. The highest BCUT2D eigenvalue weighted by Crippen LogP contribution is 2.37. The van der Waals surface area contributed by atoms with Crippen molar-refractivity contribution in [2.45, 2.75) is 51.7 Å². The van der Waals surface area contributed by atoms with E-state index in [-0.39, 0.29) is 5.56 Å². The van der Waals surface area contributed by atoms with E-state index in [2.05, 4.69) is 0 Å². The smallest absolute Gasteiger partial charge is 0.341 e. The van der Waals surface area contributed by atoms with Gasteiger partial charge in [0.1, 0.15) is 5.75 Å². The third kappa shape index (κ3) is 5.29. The molecule has 0 amide bonds. The zero-order valence-corrected chi connectivity index (χ0v) is 15.6. The maximum Gasteiger partial charge on any atom is 0.341 e. The van der Waals surface area contributed by atoms with Gasteiger partial charge in [0.05, 0.1) is 5.56 Å². The summed E-state index contributed by atoms with van der Waals surface area (Å²) in [6, 6.07) is 11.2. The zero-order chi connectivity index (χ0) is 19.9. The molecule has 0 aromatic heterocycles. The second-order valence-electron chi connectivity index (χ2n) is 6.43. The number of benzene rings is 2. The van der Waals surface area contributed by atoms with Gasteiger partial charge in [-0.15, -0.1) is 0 Å². The van der Waals surface area contributed by atoms with Crippen LogP contribution in [0.5, 0.6) is 23.0 Å². The van der Waals surface area contributed by atoms with Gasteiger partial charge in [0.2, 0.25) is 0 Å². The largest absolute Gasteiger partial charge is 0.504 e. The molecule has 2 rings (SSSR count). The van der Waals surface area contributed by atoms with E-state index in [1.54, 1.807) is 12.1 Å². The molecule has 0 aliphatic heterocycles. The van der Waals surface area contributed by atoms with Crippen molar-refractivity contribution in [3.8, 4) is 23.0 Å². The van der Waals surface area contributed by atoms with Crippen molar-refractivity contribution in [1.29, 1.82) is 0 Å². The van der Waals surface area contributed by atoms with Crippen molar-refractivity contribution >= 4 is 5.97 Å². The summed E-state index contributed by atoms with van der Waals surface area (Å²) < 4.78 is 11.9. The van der Waals surface area contributed by atoms with Gasteiger partial charge < -0.3 is 24.8 Å². The van der Waals surface area contributed by atoms with Gasteiger partial charge in [-0.3, -0.25) is 0 Å². The standard InChI is InChI=1S/C21H26O6/c1-3-5-12-21(11-4-2,26-16-9-7-6-8-10-16)27-20(25)15-13-17(22)19(24)18(23)14-15/h6-10,13-14,22-24H,3-5,11-12H2,1-2H3. The van der Waals surface area contributed by atoms with Gasteiger partial charge in [-0.25, -0.2) is 4.79 Å². The van der Waals surface area contributed by atoms with Crippen molar-refractivity contribution in [3.05, 3.63) is 48.0 Å². The minimum atomic E-state index is -1.16. The fourth-order valence-corrected chi connectivity index (χ4v) is 2.83. The Morgan fingerprint density at radius 1 is 0.963 bits per heavy atom. The Morgan fingerprint density at radius 3 is 2.15 bits per heavy atom. The first-order valence-corrected chi connectivity index (χ1v) is 9.13. The fourth-order valence-electron chi connectivity index (χ4n) is 2.83. The molecule has 0 aliphatic carbocycles. The van der Waals surface area contributed by atoms with Gasteiger partial charge in [0.15, 0.2) is 17.2 Å². The topological polar surface area (TPSA) is 96.2 Å². The van der Waals surface area contributed by atoms with Crippen LogP contribution < -0.4 is 4.74 Å². The highest BCUT2D eigenvalue weighted by atomic mass is 16.7. The van der Waals surface area contributed by atoms with E-state index in [0.717, 1.165) is 31.4 Å². The van der Waals surface area contributed by atoms with Crippen LogP contribution in [0.15, 0.2) is 42.5 Å². The number of aromatic hydroxyl groups is 3. The highest BCUT2D eigenvalue weighted by Gasteiger charge is 2.36. The van der Waals surface area contributed by atoms with E-state index in [1.807, 2.05) is 32.0 Å². The van der Waals surface area contributed by atoms with Gasteiger partial charge in [-0.2, -0.15) is 0 Å². The number of carbonyl (C=O) groups excluding carboxylic acids is 1. The Bertz CT molecular complexity index is 736. The minimum absolute atomic E-state index is 0.0727. The van der Waals surface area contributed by atoms with Crippen molar-refractivity contribution in [2.75, 3.05) is 0 Å². The first kappa shape index (κ1) is 20.4. The molecular weight excluding hydrogens is 348 g/mol. The lowest BCUT2D eigenvalue weighted by Gasteiger charge is -2.34. The summed E-state index contributed by atoms with van der Waals surface area (Å²) in [6.07, 6.45) is 3.43. The van der Waals surface area contributed by atoms with Crippen molar-refractivity contribution in [3.63, 3.8) is 0 Å². The molecular formula is C21H26O6. The first-order chi connectivity index (χ1) is 12.9. The molecule has 0 saturated heterocycles. The average molecular weight is 374 g/mol. The molecule has 1 unspecified atom stereocenters. The number of ether oxygens (including phenoxy) is 2. The number of esters is 1. The molecule has 0 radical (unpaired) electrons. The summed E-state index contributed by atoms with van der Waals surface area (Å²) in [5, 5.41) is 28.8. The lowest BCUT2D eigenvalue weighted by Crippen LogP contribution is -2.41. The predicted octanol–water partition coefficient (Wildman–Crippen LogP) is 4.73. The van der Waals surface area contributed by atoms with Crippen LogP contribution in [-0.4, -0.2) is 27.1 Å². The summed E-state index contributed by atoms with van der Waals surface area (Å²) in [6.45, 7) is 4.01. The van der Waals surface area contributed by atoms with Gasteiger partial charge in [0.25, 0.3) is 5.79 Å². The van der Waals surface area contributed by atoms with Crippen LogP contribution in [-0.2, 0) is 4.74 Å². The quantitative estimate of drug-likeness (QED) is 0.334. The van der Waals surface area contributed by atoms with Crippen LogP contribution in [0.3, 0.4) is 0 Å². The molecule has 2 aromatic carbocycles. The third-order valence-electron chi connectivity index (χ3n) is 4.17. The second kappa shape index (κ2) is 9.16. The molecule has 3 N–H and O–H groups in total. The number of phenols is 3. The van der Waals surface area contributed by atoms with Crippen LogP contribution in [0.4, 0.5) is 0 Å². The number of rotatable bonds is 9. The van der Waals surface area contributed by atoms with Crippen LogP contribution in [0.2, 0.25) is 0 Å². The Morgan fingerprint density at radius 2 is 1.59 bits per heavy atom. The van der Waals surface area contributed by atoms with E-state index < -0.39 is 29.0 Å². The van der Waals surface area contributed by atoms with E-state index in [9.17, 15) is 20.1 Å². The molecule has 6 heteroatoms. The van der Waals surface area contributed by atoms with E-state index in [0.29, 0.717) is 18.6 Å². The molecule has 0 heterocycles. The van der Waals surface area contributed by atoms with Crippen molar-refractivity contribution in [1.82, 2.24) is 0 Å². The number of carbonyl (C=O) groups is 1. The molecule has 0 bridgehead atoms. The van der Waals surface area contributed by atoms with Gasteiger partial charge >= 0.3 is 5.97 Å². The molecule has 27 heavy (non-hydrogen) atoms. The second-order valence-corrected chi connectivity index (χ2v) is 6.43. The molecule has 0 spiro atoms. The Kier molecular flexibility index (Phi) is 6.93. The van der Waals surface area contributed by atoms with Crippen molar-refractivity contribution in [2.24, 2.45) is 0 Å². The molecule has 6 nitrogen and oxygen atoms in total. The lowest BCUT2D eigenvalue weighted by atomic mass is 10.0. The first-order valence-electron chi connectivity index (χ1n) is 9.13. The Balaban J connectivity index is 2.32. The van der Waals surface area contributed by atoms with Crippen LogP contribution in [0.25, 0.3) is 0 Å². The number of phenolic OH excluding ortho intramolecular Hbond substituents is 3. The number of hydrogen-bond acceptors (Lipinski definition) is 6. The summed E-state index contributed by atoms with van der Waals surface area (Å²) in [7, 11) is 0. The summed E-state index contributed by atoms with van der Waals surface area (Å²) in [5.74, 6) is -3.20. The van der Waals surface area contributed by atoms with Crippen LogP contribution >= 0.6 is 0 Å². The summed E-state index contributed by atoms with van der Waals surface area (Å²) >= 11 is 0. The zero-order valence-electron chi connectivity index (χ0n) is 15.6. The van der Waals surface area contributed by atoms with E-state index in [1.165, 1.54) is 0 Å². The Hall–Kier alpha value is -2.89. The molecule has 2 aromatic rings. The number of para-hydroxylation sites is 1. The van der Waals surface area contributed by atoms with E-state index in [4.69, 9.17) is 9.47 Å². The summed E-state index contributed by atoms with van der Waals surface area (Å²) in [4.78, 5) is 12.7. The number of unbranched alkanes of at least 4 members (excludes halogenated alkanes) is 1. The fraction of sp³-hybridized carbons (Fsp3) is 0.381. The van der Waals surface area contributed by atoms with Crippen LogP contribution in [0, 0.1) is 0 Å². The molecule has 0 aliphatic rings. The molecule has 146 valence electrons. The average Bonchev–Trinajstić information content (AvgIpc) is 2.65. The molecule has 0 fully saturated rings. The van der Waals surface area contributed by atoms with Crippen LogP contribution in [0.1, 0.15) is 56.3 Å². The molecule has 0 saturated carbocycles. The lowest BCUT2D eigenvalue weighted by molar-refractivity contribution is -0.155.